The molecule has 0 amide bonds. The van der Waals surface area contributed by atoms with E-state index >= 15 is 0 Å². The van der Waals surface area contributed by atoms with Gasteiger partial charge >= 0.3 is 0 Å². The van der Waals surface area contributed by atoms with Crippen LogP contribution < -0.4 is 24.8 Å². The minimum Gasteiger partial charge on any atom is -0.492 e. The van der Waals surface area contributed by atoms with Crippen molar-refractivity contribution in [3.63, 3.8) is 0 Å². The summed E-state index contributed by atoms with van der Waals surface area (Å²) < 4.78 is 16.9. The van der Waals surface area contributed by atoms with Gasteiger partial charge in [0, 0.05) is 37.0 Å². The van der Waals surface area contributed by atoms with Crippen molar-refractivity contribution in [2.24, 2.45) is 0 Å². The first kappa shape index (κ1) is 37.8. The summed E-state index contributed by atoms with van der Waals surface area (Å²) in [5.74, 6) is 2.23. The van der Waals surface area contributed by atoms with E-state index in [9.17, 15) is 0 Å². The molecule has 0 atom stereocenters. The number of nitrogens with zero attached hydrogens (tertiary/aromatic N) is 3. The van der Waals surface area contributed by atoms with Gasteiger partial charge in [0.15, 0.2) is 0 Å². The van der Waals surface area contributed by atoms with E-state index in [1.807, 2.05) is 73.6 Å². The number of nitrogen functional groups attached to an aromatic ring is 1. The standard InChI is InChI=1S/C21H32N4O3.4C2H6/c1-4-9-25(10-5-2)17-14-19(22)24-21(15-17)28-13-12-27-20-8-7-18(16-23-20)26-11-6-3;4*1-2/h7-8,14-16H,4-6,9-13H2,1-3H3,(H2,22,24);4*1-2H3. The minimum atomic E-state index is 0.354. The fourth-order valence-electron chi connectivity index (χ4n) is 2.73. The highest BCUT2D eigenvalue weighted by atomic mass is 16.5. The molecule has 2 aromatic rings. The van der Waals surface area contributed by atoms with E-state index < -0.39 is 0 Å². The van der Waals surface area contributed by atoms with Gasteiger partial charge < -0.3 is 24.8 Å². The normalized spacial score (nSPS) is 8.86. The van der Waals surface area contributed by atoms with E-state index in [0.717, 1.165) is 43.8 Å². The smallest absolute Gasteiger partial charge is 0.217 e. The Labute approximate surface area is 222 Å². The summed E-state index contributed by atoms with van der Waals surface area (Å²) in [4.78, 5) is 10.8. The molecule has 0 aliphatic rings. The van der Waals surface area contributed by atoms with Crippen LogP contribution >= 0.6 is 0 Å². The lowest BCUT2D eigenvalue weighted by Gasteiger charge is -2.24. The number of anilines is 2. The highest BCUT2D eigenvalue weighted by Gasteiger charge is 2.09. The summed E-state index contributed by atoms with van der Waals surface area (Å²) in [6, 6.07) is 7.45. The van der Waals surface area contributed by atoms with Gasteiger partial charge in [-0.2, -0.15) is 4.98 Å². The van der Waals surface area contributed by atoms with Crippen LogP contribution in [-0.4, -0.2) is 42.9 Å². The van der Waals surface area contributed by atoms with Gasteiger partial charge in [0.25, 0.3) is 0 Å². The Kier molecular flexibility index (Phi) is 30.0. The third-order valence-corrected chi connectivity index (χ3v) is 3.92. The lowest BCUT2D eigenvalue weighted by Crippen LogP contribution is -2.25. The molecule has 0 aromatic carbocycles. The molecule has 0 saturated carbocycles. The highest BCUT2D eigenvalue weighted by molar-refractivity contribution is 5.55. The molecule has 210 valence electrons. The molecule has 0 bridgehead atoms. The second-order valence-corrected chi connectivity index (χ2v) is 6.45. The summed E-state index contributed by atoms with van der Waals surface area (Å²) in [6.07, 6.45) is 4.76. The summed E-state index contributed by atoms with van der Waals surface area (Å²) in [7, 11) is 0. The Hall–Kier alpha value is -2.70. The van der Waals surface area contributed by atoms with E-state index in [0.29, 0.717) is 37.4 Å². The van der Waals surface area contributed by atoms with Gasteiger partial charge in [0.05, 0.1) is 12.8 Å². The lowest BCUT2D eigenvalue weighted by atomic mass is 10.3. The van der Waals surface area contributed by atoms with Gasteiger partial charge in [0.2, 0.25) is 11.8 Å². The van der Waals surface area contributed by atoms with E-state index in [1.165, 1.54) is 0 Å². The Balaban J connectivity index is -0.00000124. The molecule has 7 heteroatoms. The third-order valence-electron chi connectivity index (χ3n) is 3.92. The fourth-order valence-corrected chi connectivity index (χ4v) is 2.73. The molecule has 0 unspecified atom stereocenters. The maximum absolute atomic E-state index is 5.96. The average molecular weight is 509 g/mol. The van der Waals surface area contributed by atoms with E-state index in [1.54, 1.807) is 12.3 Å². The van der Waals surface area contributed by atoms with Crippen molar-refractivity contribution in [2.45, 2.75) is 95.4 Å². The molecule has 0 aliphatic heterocycles. The van der Waals surface area contributed by atoms with Crippen LogP contribution in [0.2, 0.25) is 0 Å². The first-order chi connectivity index (χ1) is 17.7. The summed E-state index contributed by atoms with van der Waals surface area (Å²) in [6.45, 7) is 25.7. The van der Waals surface area contributed by atoms with Gasteiger partial charge in [-0.1, -0.05) is 76.2 Å². The van der Waals surface area contributed by atoms with Gasteiger partial charge in [-0.15, -0.1) is 0 Å². The summed E-state index contributed by atoms with van der Waals surface area (Å²) >= 11 is 0. The molecule has 0 spiro atoms. The maximum Gasteiger partial charge on any atom is 0.217 e. The number of pyridine rings is 2. The first-order valence-corrected chi connectivity index (χ1v) is 14.0. The van der Waals surface area contributed by atoms with Crippen molar-refractivity contribution in [3.05, 3.63) is 30.5 Å². The van der Waals surface area contributed by atoms with Crippen LogP contribution in [0.5, 0.6) is 17.5 Å². The Morgan fingerprint density at radius 1 is 0.694 bits per heavy atom. The van der Waals surface area contributed by atoms with Gasteiger partial charge in [-0.3, -0.25) is 0 Å². The molecule has 2 N–H and O–H groups in total. The molecule has 0 radical (unpaired) electrons. The van der Waals surface area contributed by atoms with Gasteiger partial charge in [-0.05, 0) is 25.3 Å². The van der Waals surface area contributed by atoms with Gasteiger partial charge in [-0.25, -0.2) is 4.98 Å². The van der Waals surface area contributed by atoms with Crippen molar-refractivity contribution in [2.75, 3.05) is 43.5 Å². The van der Waals surface area contributed by atoms with Crippen LogP contribution in [0.1, 0.15) is 95.4 Å². The zero-order chi connectivity index (χ0) is 28.2. The second kappa shape index (κ2) is 28.5. The Morgan fingerprint density at radius 2 is 1.25 bits per heavy atom. The second-order valence-electron chi connectivity index (χ2n) is 6.45. The average Bonchev–Trinajstić information content (AvgIpc) is 2.94. The molecule has 36 heavy (non-hydrogen) atoms. The third kappa shape index (κ3) is 17.7. The van der Waals surface area contributed by atoms with E-state index in [4.69, 9.17) is 19.9 Å². The zero-order valence-electron chi connectivity index (χ0n) is 25.2. The molecular weight excluding hydrogens is 452 g/mol. The largest absolute Gasteiger partial charge is 0.492 e. The van der Waals surface area contributed by atoms with Crippen molar-refractivity contribution in [3.8, 4) is 17.5 Å². The van der Waals surface area contributed by atoms with Crippen LogP contribution in [0.15, 0.2) is 30.5 Å². The first-order valence-electron chi connectivity index (χ1n) is 14.0. The molecule has 2 aromatic heterocycles. The number of ether oxygens (including phenoxy) is 3. The van der Waals surface area contributed by atoms with Crippen molar-refractivity contribution in [1.29, 1.82) is 0 Å². The SMILES string of the molecule is CC.CC.CC.CC.CCCOc1ccc(OCCOc2cc(N(CCC)CCC)cc(N)n2)nc1. The Bertz CT molecular complexity index is 691. The van der Waals surface area contributed by atoms with E-state index in [-0.39, 0.29) is 0 Å². The molecule has 7 nitrogen and oxygen atoms in total. The van der Waals surface area contributed by atoms with E-state index in [2.05, 4.69) is 35.6 Å². The highest BCUT2D eigenvalue weighted by Crippen LogP contribution is 2.23. The summed E-state index contributed by atoms with van der Waals surface area (Å²) in [5.41, 5.74) is 7.00. The molecule has 0 aliphatic carbocycles. The molecule has 2 heterocycles. The van der Waals surface area contributed by atoms with Crippen LogP contribution in [0.3, 0.4) is 0 Å². The van der Waals surface area contributed by atoms with Crippen LogP contribution in [-0.2, 0) is 0 Å². The predicted molar refractivity (Wildman–Crippen MR) is 158 cm³/mol. The van der Waals surface area contributed by atoms with Crippen molar-refractivity contribution < 1.29 is 14.2 Å². The quantitative estimate of drug-likeness (QED) is 0.274. The number of hydrogen-bond donors (Lipinski definition) is 1. The van der Waals surface area contributed by atoms with Crippen LogP contribution in [0.4, 0.5) is 11.5 Å². The molecular formula is C29H56N4O3. The molecule has 0 fully saturated rings. The van der Waals surface area contributed by atoms with Gasteiger partial charge in [0.1, 0.15) is 24.8 Å². The topological polar surface area (TPSA) is 82.7 Å². The molecule has 0 saturated heterocycles. The monoisotopic (exact) mass is 508 g/mol. The number of rotatable bonds is 13. The maximum atomic E-state index is 5.96. The van der Waals surface area contributed by atoms with Crippen molar-refractivity contribution >= 4 is 11.5 Å². The fraction of sp³-hybridized carbons (Fsp3) is 0.655. The Morgan fingerprint density at radius 3 is 1.72 bits per heavy atom. The van der Waals surface area contributed by atoms with Crippen LogP contribution in [0, 0.1) is 0 Å². The number of nitrogens with two attached hydrogens (primary N) is 1. The van der Waals surface area contributed by atoms with Crippen LogP contribution in [0.25, 0.3) is 0 Å². The summed E-state index contributed by atoms with van der Waals surface area (Å²) in [5, 5.41) is 0. The minimum absolute atomic E-state index is 0.354. The number of aromatic nitrogens is 2. The zero-order valence-corrected chi connectivity index (χ0v) is 25.2. The molecule has 2 rings (SSSR count). The lowest BCUT2D eigenvalue weighted by molar-refractivity contribution is 0.207. The predicted octanol–water partition coefficient (Wildman–Crippen LogP) is 8.04. The van der Waals surface area contributed by atoms with Crippen molar-refractivity contribution in [1.82, 2.24) is 9.97 Å². The number of hydrogen-bond acceptors (Lipinski definition) is 7.